The van der Waals surface area contributed by atoms with Gasteiger partial charge in [0.1, 0.15) is 11.4 Å². The largest absolute Gasteiger partial charge is 0.496 e. The van der Waals surface area contributed by atoms with Crippen molar-refractivity contribution < 1.29 is 14.3 Å². The van der Waals surface area contributed by atoms with Crippen LogP contribution in [0.5, 0.6) is 5.75 Å². The van der Waals surface area contributed by atoms with Crippen LogP contribution >= 0.6 is 0 Å². The first-order chi connectivity index (χ1) is 11.7. The molecule has 6 heteroatoms. The Morgan fingerprint density at radius 1 is 0.958 bits per heavy atom. The van der Waals surface area contributed by atoms with Gasteiger partial charge in [-0.05, 0) is 30.7 Å². The quantitative estimate of drug-likeness (QED) is 0.938. The van der Waals surface area contributed by atoms with E-state index < -0.39 is 0 Å². The number of rotatable bonds is 3. The van der Waals surface area contributed by atoms with Gasteiger partial charge in [-0.1, -0.05) is 12.1 Å². The molecule has 1 saturated heterocycles. The molecule has 3 rings (SSSR count). The minimum Gasteiger partial charge on any atom is -0.496 e. The molecule has 126 valence electrons. The number of carbonyl (C=O) groups is 2. The molecule has 1 fully saturated rings. The van der Waals surface area contributed by atoms with E-state index in [1.807, 2.05) is 18.2 Å². The molecule has 24 heavy (non-hydrogen) atoms. The highest BCUT2D eigenvalue weighted by atomic mass is 16.5. The summed E-state index contributed by atoms with van der Waals surface area (Å²) in [7, 11) is 1.56. The molecule has 0 aliphatic carbocycles. The number of ether oxygens (including phenoxy) is 1. The average Bonchev–Trinajstić information content (AvgIpc) is 3.05. The van der Waals surface area contributed by atoms with Gasteiger partial charge in [0.2, 0.25) is 0 Å². The van der Waals surface area contributed by atoms with Crippen molar-refractivity contribution in [2.75, 3.05) is 33.3 Å². The zero-order valence-electron chi connectivity index (χ0n) is 13.7. The topological polar surface area (TPSA) is 65.6 Å². The molecule has 2 aromatic rings. The van der Waals surface area contributed by atoms with Crippen molar-refractivity contribution in [3.8, 4) is 5.75 Å². The number of para-hydroxylation sites is 1. The number of nitrogens with one attached hydrogen (secondary N) is 1. The summed E-state index contributed by atoms with van der Waals surface area (Å²) < 4.78 is 5.28. The molecule has 1 aliphatic heterocycles. The van der Waals surface area contributed by atoms with Gasteiger partial charge in [-0.15, -0.1) is 0 Å². The molecule has 0 saturated carbocycles. The molecule has 1 aromatic carbocycles. The maximum atomic E-state index is 12.8. The van der Waals surface area contributed by atoms with Crippen LogP contribution in [0.3, 0.4) is 0 Å². The Morgan fingerprint density at radius 2 is 1.67 bits per heavy atom. The molecular weight excluding hydrogens is 306 g/mol. The molecule has 0 atom stereocenters. The molecule has 2 heterocycles. The maximum Gasteiger partial charge on any atom is 0.270 e. The Balaban J connectivity index is 1.69. The van der Waals surface area contributed by atoms with Gasteiger partial charge in [-0.25, -0.2) is 0 Å². The summed E-state index contributed by atoms with van der Waals surface area (Å²) in [5.41, 5.74) is 1.14. The minimum absolute atomic E-state index is 0.0217. The van der Waals surface area contributed by atoms with Crippen molar-refractivity contribution in [2.45, 2.75) is 6.42 Å². The van der Waals surface area contributed by atoms with Crippen molar-refractivity contribution in [2.24, 2.45) is 0 Å². The van der Waals surface area contributed by atoms with Gasteiger partial charge in [-0.2, -0.15) is 0 Å². The molecule has 0 radical (unpaired) electrons. The van der Waals surface area contributed by atoms with E-state index in [4.69, 9.17) is 4.74 Å². The first kappa shape index (κ1) is 16.1. The van der Waals surface area contributed by atoms with Crippen LogP contribution in [-0.2, 0) is 0 Å². The number of hydrogen-bond acceptors (Lipinski definition) is 3. The van der Waals surface area contributed by atoms with E-state index in [9.17, 15) is 9.59 Å². The van der Waals surface area contributed by atoms with Crippen molar-refractivity contribution >= 4 is 11.8 Å². The Morgan fingerprint density at radius 3 is 2.33 bits per heavy atom. The number of nitrogens with zero attached hydrogens (tertiary/aromatic N) is 2. The Hall–Kier alpha value is -2.76. The fourth-order valence-corrected chi connectivity index (χ4v) is 2.95. The lowest BCUT2D eigenvalue weighted by atomic mass is 10.1. The monoisotopic (exact) mass is 327 g/mol. The predicted octanol–water partition coefficient (Wildman–Crippen LogP) is 2.01. The van der Waals surface area contributed by atoms with E-state index in [0.29, 0.717) is 43.2 Å². The van der Waals surface area contributed by atoms with E-state index in [1.165, 1.54) is 0 Å². The van der Waals surface area contributed by atoms with E-state index in [0.717, 1.165) is 6.42 Å². The van der Waals surface area contributed by atoms with Crippen molar-refractivity contribution in [3.63, 3.8) is 0 Å². The second-order valence-corrected chi connectivity index (χ2v) is 5.72. The van der Waals surface area contributed by atoms with Crippen LogP contribution < -0.4 is 4.74 Å². The number of methoxy groups -OCH3 is 1. The summed E-state index contributed by atoms with van der Waals surface area (Å²) in [6.45, 7) is 2.32. The Bertz CT molecular complexity index is 712. The zero-order chi connectivity index (χ0) is 16.9. The van der Waals surface area contributed by atoms with Crippen LogP contribution in [0, 0.1) is 0 Å². The highest BCUT2D eigenvalue weighted by Crippen LogP contribution is 2.20. The summed E-state index contributed by atoms with van der Waals surface area (Å²) in [5.74, 6) is 0.499. The summed E-state index contributed by atoms with van der Waals surface area (Å²) in [5, 5.41) is 0. The van der Waals surface area contributed by atoms with Crippen LogP contribution in [0.4, 0.5) is 0 Å². The molecule has 1 N–H and O–H groups in total. The molecule has 6 nitrogen and oxygen atoms in total. The number of benzene rings is 1. The van der Waals surface area contributed by atoms with Crippen LogP contribution in [0.2, 0.25) is 0 Å². The van der Waals surface area contributed by atoms with Gasteiger partial charge in [0, 0.05) is 32.4 Å². The molecular formula is C18H21N3O3. The van der Waals surface area contributed by atoms with E-state index in [2.05, 4.69) is 4.98 Å². The maximum absolute atomic E-state index is 12.8. The normalized spacial score (nSPS) is 15.0. The second-order valence-electron chi connectivity index (χ2n) is 5.72. The highest BCUT2D eigenvalue weighted by Gasteiger charge is 2.25. The smallest absolute Gasteiger partial charge is 0.270 e. The number of carbonyl (C=O) groups excluding carboxylic acids is 2. The summed E-state index contributed by atoms with van der Waals surface area (Å²) in [6, 6.07) is 10.8. The van der Waals surface area contributed by atoms with Gasteiger partial charge in [0.05, 0.1) is 12.7 Å². The Labute approximate surface area is 141 Å². The van der Waals surface area contributed by atoms with Crippen molar-refractivity contribution in [1.82, 2.24) is 14.8 Å². The summed E-state index contributed by atoms with van der Waals surface area (Å²) in [6.07, 6.45) is 2.50. The summed E-state index contributed by atoms with van der Waals surface area (Å²) >= 11 is 0. The van der Waals surface area contributed by atoms with Crippen LogP contribution in [0.25, 0.3) is 0 Å². The molecule has 1 aliphatic rings. The van der Waals surface area contributed by atoms with Gasteiger partial charge in [0.25, 0.3) is 11.8 Å². The predicted molar refractivity (Wildman–Crippen MR) is 90.2 cm³/mol. The van der Waals surface area contributed by atoms with E-state index >= 15 is 0 Å². The third kappa shape index (κ3) is 3.27. The minimum atomic E-state index is -0.0541. The van der Waals surface area contributed by atoms with Crippen LogP contribution in [-0.4, -0.2) is 59.9 Å². The average molecular weight is 327 g/mol. The fraction of sp³-hybridized carbons (Fsp3) is 0.333. The van der Waals surface area contributed by atoms with Crippen LogP contribution in [0.15, 0.2) is 42.6 Å². The SMILES string of the molecule is COc1ccccc1C(=O)N1CCCN(C(=O)c2ccc[nH]2)CC1. The van der Waals surface area contributed by atoms with Gasteiger partial charge < -0.3 is 19.5 Å². The lowest BCUT2D eigenvalue weighted by Crippen LogP contribution is -2.37. The van der Waals surface area contributed by atoms with Crippen LogP contribution in [0.1, 0.15) is 27.3 Å². The fourth-order valence-electron chi connectivity index (χ4n) is 2.95. The van der Waals surface area contributed by atoms with Crippen molar-refractivity contribution in [1.29, 1.82) is 0 Å². The molecule has 0 bridgehead atoms. The van der Waals surface area contributed by atoms with Gasteiger partial charge >= 0.3 is 0 Å². The number of H-pyrrole nitrogens is 1. The number of amides is 2. The zero-order valence-corrected chi connectivity index (χ0v) is 13.7. The highest BCUT2D eigenvalue weighted by molar-refractivity contribution is 5.97. The third-order valence-corrected chi connectivity index (χ3v) is 4.24. The molecule has 0 spiro atoms. The lowest BCUT2D eigenvalue weighted by molar-refractivity contribution is 0.0714. The summed E-state index contributed by atoms with van der Waals surface area (Å²) in [4.78, 5) is 31.7. The lowest BCUT2D eigenvalue weighted by Gasteiger charge is -2.22. The van der Waals surface area contributed by atoms with Crippen molar-refractivity contribution in [3.05, 3.63) is 53.9 Å². The second kappa shape index (κ2) is 7.21. The first-order valence-corrected chi connectivity index (χ1v) is 8.05. The molecule has 0 unspecified atom stereocenters. The third-order valence-electron chi connectivity index (χ3n) is 4.24. The number of aromatic nitrogens is 1. The first-order valence-electron chi connectivity index (χ1n) is 8.05. The molecule has 1 aromatic heterocycles. The van der Waals surface area contributed by atoms with Gasteiger partial charge in [-0.3, -0.25) is 9.59 Å². The van der Waals surface area contributed by atoms with Gasteiger partial charge in [0.15, 0.2) is 0 Å². The van der Waals surface area contributed by atoms with E-state index in [-0.39, 0.29) is 11.8 Å². The standard InChI is InChI=1S/C18H21N3O3/c1-24-16-8-3-2-6-14(16)17(22)20-10-5-11-21(13-12-20)18(23)15-7-4-9-19-15/h2-4,6-9,19H,5,10-13H2,1H3. The number of aromatic amines is 1. The van der Waals surface area contributed by atoms with E-state index in [1.54, 1.807) is 41.3 Å². The Kier molecular flexibility index (Phi) is 4.84. The molecule has 2 amide bonds. The number of hydrogen-bond donors (Lipinski definition) is 1.